The largest absolute Gasteiger partial charge is 0.326 e. The van der Waals surface area contributed by atoms with Crippen molar-refractivity contribution in [3.8, 4) is 6.07 Å². The highest BCUT2D eigenvalue weighted by Crippen LogP contribution is 2.15. The number of nitrogens with one attached hydrogen (secondary N) is 1. The summed E-state index contributed by atoms with van der Waals surface area (Å²) in [6, 6.07) is 14.8. The van der Waals surface area contributed by atoms with E-state index < -0.39 is 10.0 Å². The average molecular weight is 329 g/mol. The zero-order valence-electron chi connectivity index (χ0n) is 12.2. The van der Waals surface area contributed by atoms with E-state index in [1.165, 1.54) is 18.2 Å². The van der Waals surface area contributed by atoms with E-state index in [9.17, 15) is 13.2 Å². The number of nitrogens with two attached hydrogens (primary N) is 1. The molecule has 23 heavy (non-hydrogen) atoms. The third kappa shape index (κ3) is 4.92. The molecule has 0 aliphatic carbocycles. The van der Waals surface area contributed by atoms with Gasteiger partial charge in [-0.1, -0.05) is 18.2 Å². The summed E-state index contributed by atoms with van der Waals surface area (Å²) < 4.78 is 22.6. The molecule has 0 aromatic heterocycles. The summed E-state index contributed by atoms with van der Waals surface area (Å²) in [5.74, 6) is -0.235. The Kier molecular flexibility index (Phi) is 5.11. The Bertz CT molecular complexity index is 853. The van der Waals surface area contributed by atoms with Gasteiger partial charge in [0.05, 0.1) is 16.5 Å². The zero-order valence-corrected chi connectivity index (χ0v) is 13.0. The molecule has 2 rings (SSSR count). The van der Waals surface area contributed by atoms with Crippen LogP contribution in [0.25, 0.3) is 0 Å². The molecule has 2 aromatic rings. The highest BCUT2D eigenvalue weighted by Gasteiger charge is 2.09. The minimum Gasteiger partial charge on any atom is -0.326 e. The van der Waals surface area contributed by atoms with Crippen molar-refractivity contribution in [1.29, 1.82) is 5.26 Å². The molecule has 0 radical (unpaired) electrons. The van der Waals surface area contributed by atoms with E-state index in [0.717, 1.165) is 5.56 Å². The maximum atomic E-state index is 11.9. The molecular weight excluding hydrogens is 314 g/mol. The van der Waals surface area contributed by atoms with Crippen molar-refractivity contribution in [2.45, 2.75) is 17.7 Å². The van der Waals surface area contributed by atoms with Gasteiger partial charge in [0.25, 0.3) is 0 Å². The molecule has 7 heteroatoms. The van der Waals surface area contributed by atoms with Crippen LogP contribution in [0.3, 0.4) is 0 Å². The van der Waals surface area contributed by atoms with Gasteiger partial charge < -0.3 is 5.32 Å². The molecule has 0 heterocycles. The number of carbonyl (C=O) groups excluding carboxylic acids is 1. The Morgan fingerprint density at radius 3 is 2.48 bits per heavy atom. The van der Waals surface area contributed by atoms with Gasteiger partial charge in [-0.15, -0.1) is 0 Å². The predicted octanol–water partition coefficient (Wildman–Crippen LogP) is 1.78. The number of nitriles is 1. The van der Waals surface area contributed by atoms with Crippen molar-refractivity contribution in [2.75, 3.05) is 5.32 Å². The van der Waals surface area contributed by atoms with Gasteiger partial charge in [0.15, 0.2) is 0 Å². The fourth-order valence-electron chi connectivity index (χ4n) is 1.98. The lowest BCUT2D eigenvalue weighted by Gasteiger charge is -2.07. The number of nitrogens with zero attached hydrogens (tertiary/aromatic N) is 1. The summed E-state index contributed by atoms with van der Waals surface area (Å²) in [6.07, 6.45) is 0.762. The number of sulfonamides is 1. The lowest BCUT2D eigenvalue weighted by atomic mass is 10.1. The first kappa shape index (κ1) is 16.7. The van der Waals surface area contributed by atoms with Gasteiger partial charge in [-0.25, -0.2) is 13.6 Å². The molecule has 6 nitrogen and oxygen atoms in total. The smallest absolute Gasteiger partial charge is 0.238 e. The zero-order chi connectivity index (χ0) is 16.9. The molecule has 118 valence electrons. The van der Waals surface area contributed by atoms with Crippen LogP contribution in [0.1, 0.15) is 17.5 Å². The van der Waals surface area contributed by atoms with Gasteiger partial charge in [0.1, 0.15) is 0 Å². The van der Waals surface area contributed by atoms with Crippen LogP contribution in [0, 0.1) is 11.3 Å². The molecule has 0 spiro atoms. The number of rotatable bonds is 5. The Hall–Kier alpha value is -2.69. The second kappa shape index (κ2) is 7.05. The van der Waals surface area contributed by atoms with Crippen LogP contribution < -0.4 is 10.5 Å². The van der Waals surface area contributed by atoms with Crippen molar-refractivity contribution >= 4 is 21.6 Å². The SMILES string of the molecule is N#Cc1ccc(CCC(=O)Nc2cccc(S(N)(=O)=O)c2)cc1. The van der Waals surface area contributed by atoms with Crippen molar-refractivity contribution in [2.24, 2.45) is 5.14 Å². The summed E-state index contributed by atoms with van der Waals surface area (Å²) in [4.78, 5) is 11.9. The molecule has 0 bridgehead atoms. The Labute approximate surface area is 134 Å². The number of hydrogen-bond acceptors (Lipinski definition) is 4. The van der Waals surface area contributed by atoms with E-state index in [1.54, 1.807) is 30.3 Å². The molecule has 0 saturated carbocycles. The molecule has 0 unspecified atom stereocenters. The van der Waals surface area contributed by atoms with E-state index in [1.807, 2.05) is 6.07 Å². The van der Waals surface area contributed by atoms with E-state index >= 15 is 0 Å². The van der Waals surface area contributed by atoms with E-state index in [4.69, 9.17) is 10.4 Å². The number of aryl methyl sites for hydroxylation is 1. The van der Waals surface area contributed by atoms with Crippen LogP contribution in [0.4, 0.5) is 5.69 Å². The van der Waals surface area contributed by atoms with Crippen molar-refractivity contribution < 1.29 is 13.2 Å². The highest BCUT2D eigenvalue weighted by atomic mass is 32.2. The summed E-state index contributed by atoms with van der Waals surface area (Å²) >= 11 is 0. The Morgan fingerprint density at radius 1 is 1.17 bits per heavy atom. The van der Waals surface area contributed by atoms with E-state index in [0.29, 0.717) is 17.7 Å². The molecule has 3 N–H and O–H groups in total. The van der Waals surface area contributed by atoms with Crippen LogP contribution in [0.2, 0.25) is 0 Å². The lowest BCUT2D eigenvalue weighted by molar-refractivity contribution is -0.116. The maximum Gasteiger partial charge on any atom is 0.238 e. The number of benzene rings is 2. The molecule has 1 amide bonds. The summed E-state index contributed by atoms with van der Waals surface area (Å²) in [7, 11) is -3.80. The summed E-state index contributed by atoms with van der Waals surface area (Å²) in [6.45, 7) is 0. The minimum absolute atomic E-state index is 0.0533. The average Bonchev–Trinajstić information content (AvgIpc) is 2.53. The minimum atomic E-state index is -3.80. The number of carbonyl (C=O) groups is 1. The van der Waals surface area contributed by atoms with Crippen LogP contribution in [-0.2, 0) is 21.2 Å². The van der Waals surface area contributed by atoms with Crippen molar-refractivity contribution in [3.05, 3.63) is 59.7 Å². The van der Waals surface area contributed by atoms with E-state index in [-0.39, 0.29) is 17.2 Å². The van der Waals surface area contributed by atoms with Gasteiger partial charge >= 0.3 is 0 Å². The van der Waals surface area contributed by atoms with Crippen LogP contribution in [0.5, 0.6) is 0 Å². The normalized spacial score (nSPS) is 10.8. The molecule has 2 aromatic carbocycles. The summed E-state index contributed by atoms with van der Waals surface area (Å²) in [5.41, 5.74) is 1.89. The van der Waals surface area contributed by atoms with Gasteiger partial charge in [-0.3, -0.25) is 4.79 Å². The monoisotopic (exact) mass is 329 g/mol. The summed E-state index contributed by atoms with van der Waals surface area (Å²) in [5, 5.41) is 16.4. The van der Waals surface area contributed by atoms with E-state index in [2.05, 4.69) is 5.32 Å². The standard InChI is InChI=1S/C16H15N3O3S/c17-11-13-6-4-12(5-7-13)8-9-16(20)19-14-2-1-3-15(10-14)23(18,21)22/h1-7,10H,8-9H2,(H,19,20)(H2,18,21,22). The molecule has 0 atom stereocenters. The molecule has 0 saturated heterocycles. The van der Waals surface area contributed by atoms with Crippen LogP contribution in [0.15, 0.2) is 53.4 Å². The van der Waals surface area contributed by atoms with Crippen LogP contribution >= 0.6 is 0 Å². The molecule has 0 aliphatic heterocycles. The number of anilines is 1. The highest BCUT2D eigenvalue weighted by molar-refractivity contribution is 7.89. The molecular formula is C16H15N3O3S. The van der Waals surface area contributed by atoms with Crippen molar-refractivity contribution in [3.63, 3.8) is 0 Å². The maximum absolute atomic E-state index is 11.9. The molecule has 0 fully saturated rings. The first-order valence-electron chi connectivity index (χ1n) is 6.80. The third-order valence-electron chi connectivity index (χ3n) is 3.17. The lowest BCUT2D eigenvalue weighted by Crippen LogP contribution is -2.15. The van der Waals surface area contributed by atoms with Crippen LogP contribution in [-0.4, -0.2) is 14.3 Å². The Balaban J connectivity index is 1.96. The van der Waals surface area contributed by atoms with Gasteiger partial charge in [0.2, 0.25) is 15.9 Å². The number of primary sulfonamides is 1. The first-order valence-corrected chi connectivity index (χ1v) is 8.35. The Morgan fingerprint density at radius 2 is 1.87 bits per heavy atom. The van der Waals surface area contributed by atoms with Gasteiger partial charge in [0, 0.05) is 12.1 Å². The second-order valence-electron chi connectivity index (χ2n) is 4.93. The molecule has 0 aliphatic rings. The number of amides is 1. The van der Waals surface area contributed by atoms with Crippen molar-refractivity contribution in [1.82, 2.24) is 0 Å². The van der Waals surface area contributed by atoms with Gasteiger partial charge in [-0.2, -0.15) is 5.26 Å². The third-order valence-corrected chi connectivity index (χ3v) is 4.08. The first-order chi connectivity index (χ1) is 10.9. The number of hydrogen-bond donors (Lipinski definition) is 2. The second-order valence-corrected chi connectivity index (χ2v) is 6.49. The fraction of sp³-hybridized carbons (Fsp3) is 0.125. The topological polar surface area (TPSA) is 113 Å². The fourth-order valence-corrected chi connectivity index (χ4v) is 2.54. The van der Waals surface area contributed by atoms with Gasteiger partial charge in [-0.05, 0) is 42.3 Å². The predicted molar refractivity (Wildman–Crippen MR) is 85.9 cm³/mol. The quantitative estimate of drug-likeness (QED) is 0.870.